The van der Waals surface area contributed by atoms with E-state index in [-0.39, 0.29) is 10.5 Å². The molecule has 5 aromatic rings. The second-order valence-corrected chi connectivity index (χ2v) is 10.4. The van der Waals surface area contributed by atoms with Crippen LogP contribution in [0.15, 0.2) is 95.3 Å². The zero-order valence-electron chi connectivity index (χ0n) is 18.1. The predicted octanol–water partition coefficient (Wildman–Crippen LogP) is 5.37. The summed E-state index contributed by atoms with van der Waals surface area (Å²) < 4.78 is 27.4. The number of rotatable bonds is 6. The van der Waals surface area contributed by atoms with Gasteiger partial charge >= 0.3 is 0 Å². The monoisotopic (exact) mass is 488 g/mol. The maximum absolute atomic E-state index is 13.1. The van der Waals surface area contributed by atoms with Gasteiger partial charge in [0.25, 0.3) is 15.9 Å². The summed E-state index contributed by atoms with van der Waals surface area (Å²) in [5.41, 5.74) is 3.47. The number of hydrogen-bond donors (Lipinski definition) is 2. The van der Waals surface area contributed by atoms with Crippen LogP contribution in [-0.2, 0) is 10.0 Å². The fourth-order valence-corrected chi connectivity index (χ4v) is 5.59. The smallest absolute Gasteiger partial charge is 0.264 e. The van der Waals surface area contributed by atoms with Gasteiger partial charge in [-0.25, -0.2) is 13.4 Å². The lowest BCUT2D eigenvalue weighted by Crippen LogP contribution is -2.26. The van der Waals surface area contributed by atoms with Crippen LogP contribution in [-0.4, -0.2) is 31.3 Å². The Hall–Kier alpha value is -3.95. The Balaban J connectivity index is 1.37. The Labute approximate surface area is 200 Å². The van der Waals surface area contributed by atoms with E-state index in [0.29, 0.717) is 10.8 Å². The van der Waals surface area contributed by atoms with Crippen molar-refractivity contribution in [2.24, 2.45) is 0 Å². The van der Waals surface area contributed by atoms with E-state index < -0.39 is 15.9 Å². The molecule has 0 spiro atoms. The van der Waals surface area contributed by atoms with E-state index in [2.05, 4.69) is 15.3 Å². The van der Waals surface area contributed by atoms with E-state index >= 15 is 0 Å². The van der Waals surface area contributed by atoms with Crippen LogP contribution in [0.5, 0.6) is 0 Å². The van der Waals surface area contributed by atoms with Crippen LogP contribution >= 0.6 is 11.3 Å². The molecule has 0 atom stereocenters. The molecule has 9 heteroatoms. The molecule has 3 aromatic carbocycles. The van der Waals surface area contributed by atoms with Crippen LogP contribution < -0.4 is 9.62 Å². The van der Waals surface area contributed by atoms with Crippen molar-refractivity contribution in [2.75, 3.05) is 16.7 Å². The molecule has 34 heavy (non-hydrogen) atoms. The fraction of sp³-hybridized carbons (Fsp3) is 0.0400. The van der Waals surface area contributed by atoms with Crippen LogP contribution in [0.1, 0.15) is 10.4 Å². The minimum absolute atomic E-state index is 0.0325. The first-order chi connectivity index (χ1) is 16.4. The van der Waals surface area contributed by atoms with Gasteiger partial charge in [0, 0.05) is 40.7 Å². The summed E-state index contributed by atoms with van der Waals surface area (Å²) in [6.45, 7) is 0. The molecule has 0 radical (unpaired) electrons. The van der Waals surface area contributed by atoms with Crippen molar-refractivity contribution in [1.82, 2.24) is 9.97 Å². The number of amides is 1. The van der Waals surface area contributed by atoms with Gasteiger partial charge in [-0.2, -0.15) is 0 Å². The molecule has 0 aliphatic carbocycles. The van der Waals surface area contributed by atoms with Crippen molar-refractivity contribution < 1.29 is 13.2 Å². The number of thiazole rings is 1. The second kappa shape index (κ2) is 8.77. The fourth-order valence-electron chi connectivity index (χ4n) is 3.64. The Bertz CT molecular complexity index is 1590. The first-order valence-electron chi connectivity index (χ1n) is 10.4. The van der Waals surface area contributed by atoms with Crippen molar-refractivity contribution in [3.05, 3.63) is 96.0 Å². The van der Waals surface area contributed by atoms with Crippen molar-refractivity contribution >= 4 is 49.0 Å². The van der Waals surface area contributed by atoms with Crippen LogP contribution in [0.2, 0.25) is 0 Å². The number of carbonyl (C=O) groups excluding carboxylic acids is 1. The highest BCUT2D eigenvalue weighted by molar-refractivity contribution is 7.92. The van der Waals surface area contributed by atoms with E-state index in [0.717, 1.165) is 22.2 Å². The SMILES string of the molecule is CN(c1ccccc1)S(=O)(=O)c1cccc(C(=O)Nc2nc(-c3c[nH]c4ccccc34)cs2)c1. The van der Waals surface area contributed by atoms with Crippen molar-refractivity contribution in [3.63, 3.8) is 0 Å². The van der Waals surface area contributed by atoms with E-state index in [4.69, 9.17) is 0 Å². The number of H-pyrrole nitrogens is 1. The number of nitrogens with one attached hydrogen (secondary N) is 2. The molecule has 1 amide bonds. The average Bonchev–Trinajstić information content (AvgIpc) is 3.51. The minimum Gasteiger partial charge on any atom is -0.360 e. The maximum atomic E-state index is 13.1. The Morgan fingerprint density at radius 2 is 1.76 bits per heavy atom. The second-order valence-electron chi connectivity index (χ2n) is 7.58. The lowest BCUT2D eigenvalue weighted by atomic mass is 10.1. The summed E-state index contributed by atoms with van der Waals surface area (Å²) in [5.74, 6) is -0.431. The molecule has 2 heterocycles. The number of sulfonamides is 1. The molecule has 0 fully saturated rings. The molecule has 0 aliphatic rings. The van der Waals surface area contributed by atoms with Crippen molar-refractivity contribution in [3.8, 4) is 11.3 Å². The molecular weight excluding hydrogens is 468 g/mol. The van der Waals surface area contributed by atoms with Crippen LogP contribution in [0.4, 0.5) is 10.8 Å². The highest BCUT2D eigenvalue weighted by Crippen LogP contribution is 2.31. The van der Waals surface area contributed by atoms with Crippen LogP contribution in [0.3, 0.4) is 0 Å². The van der Waals surface area contributed by atoms with Gasteiger partial charge in [0.1, 0.15) is 0 Å². The number of para-hydroxylation sites is 2. The topological polar surface area (TPSA) is 95.2 Å². The Kier molecular flexibility index (Phi) is 5.64. The molecule has 0 unspecified atom stereocenters. The van der Waals surface area contributed by atoms with Gasteiger partial charge in [0.15, 0.2) is 5.13 Å². The number of aromatic amines is 1. The predicted molar refractivity (Wildman–Crippen MR) is 136 cm³/mol. The number of nitrogens with zero attached hydrogens (tertiary/aromatic N) is 2. The van der Waals surface area contributed by atoms with Crippen LogP contribution in [0.25, 0.3) is 22.2 Å². The summed E-state index contributed by atoms with van der Waals surface area (Å²) in [6, 6.07) is 22.7. The lowest BCUT2D eigenvalue weighted by Gasteiger charge is -2.19. The summed E-state index contributed by atoms with van der Waals surface area (Å²) in [6.07, 6.45) is 1.89. The van der Waals surface area contributed by atoms with Crippen molar-refractivity contribution in [2.45, 2.75) is 4.90 Å². The van der Waals surface area contributed by atoms with E-state index in [1.165, 1.54) is 34.8 Å². The average molecular weight is 489 g/mol. The highest BCUT2D eigenvalue weighted by Gasteiger charge is 2.22. The molecule has 7 nitrogen and oxygen atoms in total. The van der Waals surface area contributed by atoms with Gasteiger partial charge in [-0.15, -0.1) is 11.3 Å². The van der Waals surface area contributed by atoms with Gasteiger partial charge < -0.3 is 4.98 Å². The summed E-state index contributed by atoms with van der Waals surface area (Å²) in [7, 11) is -2.35. The lowest BCUT2D eigenvalue weighted by molar-refractivity contribution is 0.102. The molecule has 2 N–H and O–H groups in total. The number of hydrogen-bond acceptors (Lipinski definition) is 5. The van der Waals surface area contributed by atoms with Gasteiger partial charge in [-0.3, -0.25) is 14.4 Å². The molecule has 5 rings (SSSR count). The molecule has 2 aromatic heterocycles. The third kappa shape index (κ3) is 4.07. The van der Waals surface area contributed by atoms with Gasteiger partial charge in [-0.1, -0.05) is 42.5 Å². The van der Waals surface area contributed by atoms with Crippen LogP contribution in [0, 0.1) is 0 Å². The molecule has 0 saturated heterocycles. The third-order valence-electron chi connectivity index (χ3n) is 5.46. The van der Waals surface area contributed by atoms with E-state index in [1.54, 1.807) is 36.4 Å². The van der Waals surface area contributed by atoms with Gasteiger partial charge in [0.05, 0.1) is 16.3 Å². The third-order valence-corrected chi connectivity index (χ3v) is 8.00. The Morgan fingerprint density at radius 1 is 1.00 bits per heavy atom. The summed E-state index contributed by atoms with van der Waals surface area (Å²) >= 11 is 1.31. The molecule has 0 saturated carbocycles. The highest BCUT2D eigenvalue weighted by atomic mass is 32.2. The molecular formula is C25H20N4O3S2. The molecule has 0 aliphatic heterocycles. The number of benzene rings is 3. The van der Waals surface area contributed by atoms with Gasteiger partial charge in [0.2, 0.25) is 0 Å². The quantitative estimate of drug-likeness (QED) is 0.336. The zero-order chi connectivity index (χ0) is 23.7. The number of aromatic nitrogens is 2. The molecule has 170 valence electrons. The number of anilines is 2. The van der Waals surface area contributed by atoms with E-state index in [1.807, 2.05) is 41.9 Å². The normalized spacial score (nSPS) is 11.4. The standard InChI is InChI=1S/C25H20N4O3S2/c1-29(18-9-3-2-4-10-18)34(31,32)19-11-7-8-17(14-19)24(30)28-25-27-23(16-33-25)21-15-26-22-13-6-5-12-20(21)22/h2-16,26H,1H3,(H,27,28,30). The molecule has 0 bridgehead atoms. The first kappa shape index (κ1) is 21.9. The minimum atomic E-state index is -3.83. The number of carbonyl (C=O) groups is 1. The van der Waals surface area contributed by atoms with Gasteiger partial charge in [-0.05, 0) is 36.4 Å². The summed E-state index contributed by atoms with van der Waals surface area (Å²) in [4.78, 5) is 20.7. The first-order valence-corrected chi connectivity index (χ1v) is 12.7. The zero-order valence-corrected chi connectivity index (χ0v) is 19.7. The Morgan fingerprint density at radius 3 is 2.59 bits per heavy atom. The van der Waals surface area contributed by atoms with E-state index in [9.17, 15) is 13.2 Å². The largest absolute Gasteiger partial charge is 0.360 e. The van der Waals surface area contributed by atoms with Crippen molar-refractivity contribution in [1.29, 1.82) is 0 Å². The maximum Gasteiger partial charge on any atom is 0.264 e. The summed E-state index contributed by atoms with van der Waals surface area (Å²) in [5, 5.41) is 6.13. The number of fused-ring (bicyclic) bond motifs is 1.